The normalized spacial score (nSPS) is 12.8. The molecule has 2 aromatic heterocycles. The van der Waals surface area contributed by atoms with E-state index in [1.807, 2.05) is 65.0 Å². The van der Waals surface area contributed by atoms with Gasteiger partial charge in [-0.1, -0.05) is 24.3 Å². The third-order valence-electron chi connectivity index (χ3n) is 5.86. The predicted molar refractivity (Wildman–Crippen MR) is 119 cm³/mol. The molecule has 0 unspecified atom stereocenters. The van der Waals surface area contributed by atoms with Crippen LogP contribution in [0.15, 0.2) is 67.0 Å². The van der Waals surface area contributed by atoms with Crippen LogP contribution in [0.1, 0.15) is 32.7 Å². The van der Waals surface area contributed by atoms with Crippen LogP contribution >= 0.6 is 0 Å². The van der Waals surface area contributed by atoms with Crippen LogP contribution < -0.4 is 0 Å². The summed E-state index contributed by atoms with van der Waals surface area (Å²) in [6.45, 7) is 4.44. The molecule has 1 aliphatic rings. The van der Waals surface area contributed by atoms with Crippen LogP contribution in [0.25, 0.3) is 11.5 Å². The van der Waals surface area contributed by atoms with Gasteiger partial charge in [-0.05, 0) is 43.7 Å². The van der Waals surface area contributed by atoms with Crippen LogP contribution in [0.5, 0.6) is 0 Å². The van der Waals surface area contributed by atoms with Crippen LogP contribution in [0.4, 0.5) is 5.69 Å². The zero-order valence-electron chi connectivity index (χ0n) is 17.7. The number of aryl methyl sites for hydroxylation is 2. The third-order valence-corrected chi connectivity index (χ3v) is 5.86. The van der Waals surface area contributed by atoms with E-state index in [9.17, 15) is 14.9 Å². The van der Waals surface area contributed by atoms with E-state index >= 15 is 0 Å². The van der Waals surface area contributed by atoms with Crippen molar-refractivity contribution in [3.05, 3.63) is 105 Å². The Morgan fingerprint density at radius 1 is 1.00 bits per heavy atom. The maximum atomic E-state index is 13.2. The van der Waals surface area contributed by atoms with E-state index in [1.54, 1.807) is 24.0 Å². The first-order valence-electron chi connectivity index (χ1n) is 10.3. The predicted octanol–water partition coefficient (Wildman–Crippen LogP) is 4.34. The van der Waals surface area contributed by atoms with Gasteiger partial charge in [-0.15, -0.1) is 0 Å². The molecule has 4 aromatic rings. The molecule has 160 valence electrons. The Hall–Kier alpha value is -4.20. The Morgan fingerprint density at radius 2 is 1.75 bits per heavy atom. The molecule has 0 saturated carbocycles. The van der Waals surface area contributed by atoms with Gasteiger partial charge in [0.1, 0.15) is 5.82 Å². The Balaban J connectivity index is 1.53. The van der Waals surface area contributed by atoms with Gasteiger partial charge in [0.15, 0.2) is 0 Å². The average molecular weight is 427 g/mol. The lowest BCUT2D eigenvalue weighted by molar-refractivity contribution is -0.385. The molecule has 8 heteroatoms. The molecule has 1 amide bonds. The first-order valence-corrected chi connectivity index (χ1v) is 10.3. The van der Waals surface area contributed by atoms with Crippen LogP contribution in [-0.2, 0) is 13.1 Å². The number of aromatic nitrogens is 3. The van der Waals surface area contributed by atoms with Crippen molar-refractivity contribution in [2.75, 3.05) is 0 Å². The zero-order valence-corrected chi connectivity index (χ0v) is 17.7. The molecule has 0 fully saturated rings. The Morgan fingerprint density at radius 3 is 2.47 bits per heavy atom. The van der Waals surface area contributed by atoms with Crippen molar-refractivity contribution < 1.29 is 9.72 Å². The number of hydrogen-bond donors (Lipinski definition) is 0. The fraction of sp³-hybridized carbons (Fsp3) is 0.167. The molecular formula is C24H21N5O3. The van der Waals surface area contributed by atoms with Gasteiger partial charge in [-0.3, -0.25) is 14.9 Å². The molecule has 0 N–H and O–H groups in total. The Labute approximate surface area is 184 Å². The number of carbonyl (C=O) groups excluding carboxylic acids is 1. The van der Waals surface area contributed by atoms with Crippen LogP contribution in [0.3, 0.4) is 0 Å². The Bertz CT molecular complexity index is 1350. The summed E-state index contributed by atoms with van der Waals surface area (Å²) < 4.78 is 3.93. The maximum absolute atomic E-state index is 13.2. The van der Waals surface area contributed by atoms with Gasteiger partial charge in [-0.25, -0.2) is 4.68 Å². The summed E-state index contributed by atoms with van der Waals surface area (Å²) in [5, 5.41) is 16.2. The van der Waals surface area contributed by atoms with Crippen molar-refractivity contribution in [1.82, 2.24) is 19.2 Å². The second-order valence-electron chi connectivity index (χ2n) is 7.96. The van der Waals surface area contributed by atoms with Gasteiger partial charge < -0.3 is 9.47 Å². The minimum atomic E-state index is -0.457. The number of nitrogens with zero attached hydrogens (tertiary/aromatic N) is 5. The van der Waals surface area contributed by atoms with E-state index in [4.69, 9.17) is 5.10 Å². The summed E-state index contributed by atoms with van der Waals surface area (Å²) in [7, 11) is 0. The molecule has 32 heavy (non-hydrogen) atoms. The molecule has 0 bridgehead atoms. The monoisotopic (exact) mass is 427 g/mol. The van der Waals surface area contributed by atoms with E-state index in [1.165, 1.54) is 6.07 Å². The highest BCUT2D eigenvalue weighted by molar-refractivity contribution is 5.95. The molecular weight excluding hydrogens is 406 g/mol. The topological polar surface area (TPSA) is 86.2 Å². The largest absolute Gasteiger partial charge is 0.328 e. The van der Waals surface area contributed by atoms with Gasteiger partial charge in [0.25, 0.3) is 11.6 Å². The number of benzene rings is 2. The molecule has 5 rings (SSSR count). The molecule has 0 atom stereocenters. The fourth-order valence-corrected chi connectivity index (χ4v) is 4.18. The summed E-state index contributed by atoms with van der Waals surface area (Å²) in [6, 6.07) is 16.6. The number of rotatable bonds is 4. The van der Waals surface area contributed by atoms with Gasteiger partial charge in [-0.2, -0.15) is 5.10 Å². The summed E-state index contributed by atoms with van der Waals surface area (Å²) in [4.78, 5) is 25.7. The minimum absolute atomic E-state index is 0.0504. The van der Waals surface area contributed by atoms with E-state index in [0.29, 0.717) is 24.2 Å². The number of para-hydroxylation sites is 1. The SMILES string of the molecule is Cc1ccccc1-n1nc2c(c1-n1cccc1)CN(C(=O)c1ccc(C)c([N+](=O)[O-])c1)C2. The lowest BCUT2D eigenvalue weighted by atomic mass is 10.1. The van der Waals surface area contributed by atoms with E-state index in [2.05, 4.69) is 0 Å². The standard InChI is InChI=1S/C24H21N5O3/c1-16-7-3-4-8-21(16)28-23(26-11-5-6-12-26)19-14-27(15-20(19)25-28)24(30)18-10-9-17(2)22(13-18)29(31)32/h3-13H,14-15H2,1-2H3. The fourth-order valence-electron chi connectivity index (χ4n) is 4.18. The summed E-state index contributed by atoms with van der Waals surface area (Å²) in [5.41, 5.74) is 4.67. The molecule has 0 spiro atoms. The number of hydrogen-bond acceptors (Lipinski definition) is 4. The number of carbonyl (C=O) groups is 1. The zero-order chi connectivity index (χ0) is 22.4. The van der Waals surface area contributed by atoms with Crippen molar-refractivity contribution in [2.45, 2.75) is 26.9 Å². The second-order valence-corrected chi connectivity index (χ2v) is 7.96. The first kappa shape index (κ1) is 19.7. The Kier molecular flexibility index (Phi) is 4.62. The molecule has 2 aromatic carbocycles. The molecule has 1 aliphatic heterocycles. The first-order chi connectivity index (χ1) is 15.4. The van der Waals surface area contributed by atoms with Gasteiger partial charge >= 0.3 is 0 Å². The molecule has 8 nitrogen and oxygen atoms in total. The minimum Gasteiger partial charge on any atom is -0.328 e. The molecule has 0 aliphatic carbocycles. The molecule has 3 heterocycles. The smallest absolute Gasteiger partial charge is 0.273 e. The molecule has 0 radical (unpaired) electrons. The van der Waals surface area contributed by atoms with Crippen LogP contribution in [0.2, 0.25) is 0 Å². The number of fused-ring (bicyclic) bond motifs is 1. The summed E-state index contributed by atoms with van der Waals surface area (Å²) in [5.74, 6) is 0.650. The quantitative estimate of drug-likeness (QED) is 0.358. The average Bonchev–Trinajstić information content (AvgIpc) is 3.50. The van der Waals surface area contributed by atoms with Crippen molar-refractivity contribution in [3.8, 4) is 11.5 Å². The lowest BCUT2D eigenvalue weighted by Crippen LogP contribution is -2.26. The summed E-state index contributed by atoms with van der Waals surface area (Å²) in [6.07, 6.45) is 3.92. The van der Waals surface area contributed by atoms with Crippen molar-refractivity contribution in [1.29, 1.82) is 0 Å². The van der Waals surface area contributed by atoms with Crippen LogP contribution in [-0.4, -0.2) is 30.1 Å². The number of amides is 1. The molecule has 0 saturated heterocycles. The van der Waals surface area contributed by atoms with Crippen molar-refractivity contribution in [3.63, 3.8) is 0 Å². The highest BCUT2D eigenvalue weighted by Crippen LogP contribution is 2.32. The second kappa shape index (κ2) is 7.49. The van der Waals surface area contributed by atoms with Gasteiger partial charge in [0.05, 0.1) is 29.4 Å². The van der Waals surface area contributed by atoms with E-state index in [-0.39, 0.29) is 11.6 Å². The highest BCUT2D eigenvalue weighted by Gasteiger charge is 2.32. The van der Waals surface area contributed by atoms with Crippen LogP contribution in [0, 0.1) is 24.0 Å². The third kappa shape index (κ3) is 3.17. The van der Waals surface area contributed by atoms with Gasteiger partial charge in [0, 0.05) is 35.2 Å². The van der Waals surface area contributed by atoms with E-state index in [0.717, 1.165) is 28.3 Å². The number of nitro benzene ring substituents is 1. The highest BCUT2D eigenvalue weighted by atomic mass is 16.6. The number of nitro groups is 1. The van der Waals surface area contributed by atoms with Crippen molar-refractivity contribution >= 4 is 11.6 Å². The lowest BCUT2D eigenvalue weighted by Gasteiger charge is -2.18. The van der Waals surface area contributed by atoms with Gasteiger partial charge in [0.2, 0.25) is 0 Å². The summed E-state index contributed by atoms with van der Waals surface area (Å²) >= 11 is 0. The van der Waals surface area contributed by atoms with E-state index < -0.39 is 4.92 Å². The van der Waals surface area contributed by atoms with Crippen molar-refractivity contribution in [2.24, 2.45) is 0 Å². The maximum Gasteiger partial charge on any atom is 0.273 e.